The van der Waals surface area contributed by atoms with Crippen molar-refractivity contribution in [1.82, 2.24) is 4.90 Å². The molecule has 1 amide bonds. The normalized spacial score (nSPS) is 14.1. The lowest BCUT2D eigenvalue weighted by atomic mass is 9.93. The Morgan fingerprint density at radius 1 is 1.20 bits per heavy atom. The summed E-state index contributed by atoms with van der Waals surface area (Å²) in [4.78, 5) is 14.7. The van der Waals surface area contributed by atoms with Crippen LogP contribution in [0.15, 0.2) is 30.3 Å². The zero-order valence-electron chi connectivity index (χ0n) is 13.2. The summed E-state index contributed by atoms with van der Waals surface area (Å²) in [5.74, 6) is 0.364. The molecule has 112 valence electrons. The molecule has 0 aliphatic rings. The summed E-state index contributed by atoms with van der Waals surface area (Å²) in [5.41, 5.74) is 6.97. The Hall–Kier alpha value is -1.35. The van der Waals surface area contributed by atoms with Gasteiger partial charge >= 0.3 is 0 Å². The summed E-state index contributed by atoms with van der Waals surface area (Å²) < 4.78 is 0. The van der Waals surface area contributed by atoms with Crippen LogP contribution in [0.4, 0.5) is 0 Å². The molecule has 1 aromatic rings. The van der Waals surface area contributed by atoms with Crippen molar-refractivity contribution in [3.05, 3.63) is 35.9 Å². The Morgan fingerprint density at radius 3 is 2.25 bits per heavy atom. The highest BCUT2D eigenvalue weighted by atomic mass is 16.2. The monoisotopic (exact) mass is 276 g/mol. The summed E-state index contributed by atoms with van der Waals surface area (Å²) >= 11 is 0. The molecule has 2 unspecified atom stereocenters. The number of hydrogen-bond acceptors (Lipinski definition) is 2. The van der Waals surface area contributed by atoms with E-state index in [4.69, 9.17) is 5.73 Å². The van der Waals surface area contributed by atoms with Crippen LogP contribution in [0.1, 0.15) is 39.7 Å². The molecule has 0 spiro atoms. The van der Waals surface area contributed by atoms with Crippen LogP contribution in [0.3, 0.4) is 0 Å². The minimum atomic E-state index is -0.0901. The molecular weight excluding hydrogens is 248 g/mol. The van der Waals surface area contributed by atoms with Gasteiger partial charge in [-0.1, -0.05) is 51.1 Å². The Labute approximate surface area is 123 Å². The number of hydrogen-bond donors (Lipinski definition) is 1. The summed E-state index contributed by atoms with van der Waals surface area (Å²) in [6.45, 7) is 9.42. The number of rotatable bonds is 7. The van der Waals surface area contributed by atoms with Crippen molar-refractivity contribution < 1.29 is 4.79 Å². The van der Waals surface area contributed by atoms with Gasteiger partial charge in [0.25, 0.3) is 0 Å². The molecule has 0 aliphatic heterocycles. The Bertz CT molecular complexity index is 403. The Morgan fingerprint density at radius 2 is 1.80 bits per heavy atom. The van der Waals surface area contributed by atoms with Crippen LogP contribution >= 0.6 is 0 Å². The number of amides is 1. The van der Waals surface area contributed by atoms with Crippen molar-refractivity contribution in [3.63, 3.8) is 0 Å². The van der Waals surface area contributed by atoms with Gasteiger partial charge in [0, 0.05) is 19.1 Å². The van der Waals surface area contributed by atoms with Crippen molar-refractivity contribution in [1.29, 1.82) is 0 Å². The van der Waals surface area contributed by atoms with Gasteiger partial charge < -0.3 is 10.6 Å². The number of benzene rings is 1. The fourth-order valence-electron chi connectivity index (χ4n) is 2.32. The Balaban J connectivity index is 2.92. The lowest BCUT2D eigenvalue weighted by Gasteiger charge is -2.33. The topological polar surface area (TPSA) is 46.3 Å². The molecule has 0 heterocycles. The maximum atomic E-state index is 12.8. The predicted molar refractivity (Wildman–Crippen MR) is 84.1 cm³/mol. The maximum Gasteiger partial charge on any atom is 0.227 e. The summed E-state index contributed by atoms with van der Waals surface area (Å²) in [6, 6.07) is 10.4. The van der Waals surface area contributed by atoms with E-state index in [-0.39, 0.29) is 23.8 Å². The third-order valence-corrected chi connectivity index (χ3v) is 3.98. The van der Waals surface area contributed by atoms with Crippen molar-refractivity contribution >= 4 is 5.91 Å². The smallest absolute Gasteiger partial charge is 0.227 e. The molecule has 1 aromatic carbocycles. The first-order chi connectivity index (χ1) is 9.51. The molecule has 0 aromatic heterocycles. The van der Waals surface area contributed by atoms with E-state index < -0.39 is 0 Å². The van der Waals surface area contributed by atoms with Gasteiger partial charge in [-0.3, -0.25) is 4.79 Å². The SMILES string of the molecule is CCC(C)N(Cc1ccccc1)C(=O)C(CN)C(C)C. The minimum Gasteiger partial charge on any atom is -0.335 e. The lowest BCUT2D eigenvalue weighted by Crippen LogP contribution is -2.45. The molecule has 3 heteroatoms. The zero-order valence-corrected chi connectivity index (χ0v) is 13.2. The Kier molecular flexibility index (Phi) is 6.73. The summed E-state index contributed by atoms with van der Waals surface area (Å²) in [5, 5.41) is 0. The van der Waals surface area contributed by atoms with Gasteiger partial charge in [-0.25, -0.2) is 0 Å². The third-order valence-electron chi connectivity index (χ3n) is 3.98. The zero-order chi connectivity index (χ0) is 15.1. The van der Waals surface area contributed by atoms with Crippen LogP contribution in [0.2, 0.25) is 0 Å². The van der Waals surface area contributed by atoms with Crippen molar-refractivity contribution in [3.8, 4) is 0 Å². The van der Waals surface area contributed by atoms with Gasteiger partial charge in [-0.2, -0.15) is 0 Å². The molecule has 0 saturated carbocycles. The molecule has 2 N–H and O–H groups in total. The van der Waals surface area contributed by atoms with Gasteiger partial charge in [0.15, 0.2) is 0 Å². The predicted octanol–water partition coefficient (Wildman–Crippen LogP) is 3.04. The van der Waals surface area contributed by atoms with E-state index in [2.05, 4.69) is 39.8 Å². The van der Waals surface area contributed by atoms with Crippen LogP contribution in [-0.4, -0.2) is 23.4 Å². The molecule has 3 nitrogen and oxygen atoms in total. The molecule has 2 atom stereocenters. The number of nitrogens with two attached hydrogens (primary N) is 1. The molecule has 20 heavy (non-hydrogen) atoms. The quantitative estimate of drug-likeness (QED) is 0.832. The first kappa shape index (κ1) is 16.7. The average molecular weight is 276 g/mol. The number of nitrogens with zero attached hydrogens (tertiary/aromatic N) is 1. The van der Waals surface area contributed by atoms with Crippen molar-refractivity contribution in [2.24, 2.45) is 17.6 Å². The summed E-state index contributed by atoms with van der Waals surface area (Å²) in [6.07, 6.45) is 0.952. The average Bonchev–Trinajstić information content (AvgIpc) is 2.45. The standard InChI is InChI=1S/C17H28N2O/c1-5-14(4)19(12-15-9-7-6-8-10-15)17(20)16(11-18)13(2)3/h6-10,13-14,16H,5,11-12,18H2,1-4H3. The van der Waals surface area contributed by atoms with Gasteiger partial charge in [0.2, 0.25) is 5.91 Å². The third kappa shape index (κ3) is 4.34. The van der Waals surface area contributed by atoms with E-state index in [9.17, 15) is 4.79 Å². The van der Waals surface area contributed by atoms with E-state index in [0.29, 0.717) is 13.1 Å². The second-order valence-corrected chi connectivity index (χ2v) is 5.80. The largest absolute Gasteiger partial charge is 0.335 e. The molecule has 1 rings (SSSR count). The number of carbonyl (C=O) groups is 1. The first-order valence-corrected chi connectivity index (χ1v) is 7.55. The van der Waals surface area contributed by atoms with Crippen LogP contribution < -0.4 is 5.73 Å². The number of carbonyl (C=O) groups excluding carboxylic acids is 1. The van der Waals surface area contributed by atoms with Crippen LogP contribution in [-0.2, 0) is 11.3 Å². The van der Waals surface area contributed by atoms with E-state index in [1.807, 2.05) is 23.1 Å². The highest BCUT2D eigenvalue weighted by Gasteiger charge is 2.28. The fraction of sp³-hybridized carbons (Fsp3) is 0.588. The van der Waals surface area contributed by atoms with Crippen molar-refractivity contribution in [2.75, 3.05) is 6.54 Å². The summed E-state index contributed by atoms with van der Waals surface area (Å²) in [7, 11) is 0. The van der Waals surface area contributed by atoms with Crippen LogP contribution in [0.5, 0.6) is 0 Å². The van der Waals surface area contributed by atoms with Gasteiger partial charge in [-0.05, 0) is 24.8 Å². The maximum absolute atomic E-state index is 12.8. The highest BCUT2D eigenvalue weighted by molar-refractivity contribution is 5.79. The second-order valence-electron chi connectivity index (χ2n) is 5.80. The molecule has 0 fully saturated rings. The molecule has 0 aliphatic carbocycles. The molecular formula is C17H28N2O. The van der Waals surface area contributed by atoms with E-state index >= 15 is 0 Å². The van der Waals surface area contributed by atoms with Gasteiger partial charge in [0.1, 0.15) is 0 Å². The molecule has 0 saturated heterocycles. The van der Waals surface area contributed by atoms with Gasteiger partial charge in [0.05, 0.1) is 5.92 Å². The van der Waals surface area contributed by atoms with E-state index in [1.54, 1.807) is 0 Å². The first-order valence-electron chi connectivity index (χ1n) is 7.55. The fourth-order valence-corrected chi connectivity index (χ4v) is 2.32. The van der Waals surface area contributed by atoms with Crippen LogP contribution in [0, 0.1) is 11.8 Å². The second kappa shape index (κ2) is 8.05. The highest BCUT2D eigenvalue weighted by Crippen LogP contribution is 2.19. The lowest BCUT2D eigenvalue weighted by molar-refractivity contribution is -0.139. The van der Waals surface area contributed by atoms with Crippen LogP contribution in [0.25, 0.3) is 0 Å². The van der Waals surface area contributed by atoms with Gasteiger partial charge in [-0.15, -0.1) is 0 Å². The molecule has 0 radical (unpaired) electrons. The minimum absolute atomic E-state index is 0.0901. The van der Waals surface area contributed by atoms with E-state index in [1.165, 1.54) is 5.56 Å². The van der Waals surface area contributed by atoms with E-state index in [0.717, 1.165) is 6.42 Å². The van der Waals surface area contributed by atoms with Crippen molar-refractivity contribution in [2.45, 2.75) is 46.7 Å². The molecule has 0 bridgehead atoms.